The molecular weight excluding hydrogens is 326 g/mol. The quantitative estimate of drug-likeness (QED) is 0.758. The van der Waals surface area contributed by atoms with Crippen molar-refractivity contribution < 1.29 is 4.79 Å². The average Bonchev–Trinajstić information content (AvgIpc) is 2.87. The summed E-state index contributed by atoms with van der Waals surface area (Å²) in [6, 6.07) is 5.57. The lowest BCUT2D eigenvalue weighted by molar-refractivity contribution is -0.117. The van der Waals surface area contributed by atoms with Gasteiger partial charge in [0.1, 0.15) is 0 Å². The molecule has 1 aliphatic heterocycles. The number of amides is 1. The van der Waals surface area contributed by atoms with Crippen LogP contribution >= 0.6 is 23.5 Å². The summed E-state index contributed by atoms with van der Waals surface area (Å²) in [4.78, 5) is 12.6. The summed E-state index contributed by atoms with van der Waals surface area (Å²) in [5.74, 6) is 0.848. The van der Waals surface area contributed by atoms with Gasteiger partial charge in [-0.2, -0.15) is 0 Å². The molecule has 0 saturated carbocycles. The summed E-state index contributed by atoms with van der Waals surface area (Å²) in [5, 5.41) is 2.98. The minimum absolute atomic E-state index is 0.136. The maximum atomic E-state index is 12.6. The standard InChI is InChI=1S/C17H27N3OS2/c1-10-6-5-7-13(11(10)2)20-16(21)15(19)17(3,4)23-14-8-12(18)9-22-14/h5-7,12,14-15H,8-9,18-19H2,1-4H3,(H,20,21)/t12?,14?,15-/m1/s1. The van der Waals surface area contributed by atoms with Crippen LogP contribution in [0.3, 0.4) is 0 Å². The van der Waals surface area contributed by atoms with Crippen molar-refractivity contribution in [2.75, 3.05) is 11.1 Å². The molecule has 6 heteroatoms. The molecule has 4 nitrogen and oxygen atoms in total. The van der Waals surface area contributed by atoms with Crippen molar-refractivity contribution in [2.45, 2.75) is 55.5 Å². The molecule has 3 atom stereocenters. The molecule has 0 aliphatic carbocycles. The van der Waals surface area contributed by atoms with Crippen LogP contribution < -0.4 is 16.8 Å². The average molecular weight is 354 g/mol. The van der Waals surface area contributed by atoms with Crippen LogP contribution in [0.25, 0.3) is 0 Å². The fourth-order valence-corrected chi connectivity index (χ4v) is 6.03. The number of benzene rings is 1. The monoisotopic (exact) mass is 353 g/mol. The predicted molar refractivity (Wildman–Crippen MR) is 103 cm³/mol. The van der Waals surface area contributed by atoms with Gasteiger partial charge in [-0.1, -0.05) is 12.1 Å². The van der Waals surface area contributed by atoms with E-state index < -0.39 is 6.04 Å². The summed E-state index contributed by atoms with van der Waals surface area (Å²) >= 11 is 3.63. The van der Waals surface area contributed by atoms with Gasteiger partial charge in [-0.3, -0.25) is 4.79 Å². The predicted octanol–water partition coefficient (Wildman–Crippen LogP) is 2.87. The molecule has 128 valence electrons. The topological polar surface area (TPSA) is 81.1 Å². The molecule has 0 radical (unpaired) electrons. The summed E-state index contributed by atoms with van der Waals surface area (Å²) in [7, 11) is 0. The highest BCUT2D eigenvalue weighted by Gasteiger charge is 2.37. The van der Waals surface area contributed by atoms with Gasteiger partial charge >= 0.3 is 0 Å². The summed E-state index contributed by atoms with van der Waals surface area (Å²) < 4.78 is 0.0725. The Labute approximate surface area is 147 Å². The van der Waals surface area contributed by atoms with Crippen LogP contribution in [-0.4, -0.2) is 33.1 Å². The number of nitrogens with one attached hydrogen (secondary N) is 1. The number of carbonyl (C=O) groups excluding carboxylic acids is 1. The molecule has 0 bridgehead atoms. The fraction of sp³-hybridized carbons (Fsp3) is 0.588. The van der Waals surface area contributed by atoms with Gasteiger partial charge in [0.25, 0.3) is 0 Å². The number of aryl methyl sites for hydroxylation is 1. The van der Waals surface area contributed by atoms with Crippen LogP contribution in [0.5, 0.6) is 0 Å². The van der Waals surface area contributed by atoms with E-state index in [4.69, 9.17) is 11.5 Å². The van der Waals surface area contributed by atoms with Crippen molar-refractivity contribution in [1.29, 1.82) is 0 Å². The van der Waals surface area contributed by atoms with E-state index in [0.717, 1.165) is 29.0 Å². The first kappa shape index (κ1) is 18.6. The highest BCUT2D eigenvalue weighted by molar-refractivity contribution is 8.17. The van der Waals surface area contributed by atoms with Crippen LogP contribution in [0.4, 0.5) is 5.69 Å². The molecule has 1 aromatic rings. The molecule has 1 amide bonds. The minimum Gasteiger partial charge on any atom is -0.327 e. The van der Waals surface area contributed by atoms with E-state index in [0.29, 0.717) is 4.58 Å². The molecular formula is C17H27N3OS2. The maximum absolute atomic E-state index is 12.6. The number of rotatable bonds is 5. The second-order valence-electron chi connectivity index (χ2n) is 6.69. The van der Waals surface area contributed by atoms with E-state index in [-0.39, 0.29) is 16.7 Å². The van der Waals surface area contributed by atoms with Crippen molar-refractivity contribution >= 4 is 35.1 Å². The third kappa shape index (κ3) is 4.66. The Hall–Kier alpha value is -0.690. The van der Waals surface area contributed by atoms with Gasteiger partial charge in [-0.25, -0.2) is 0 Å². The first-order valence-electron chi connectivity index (χ1n) is 7.88. The SMILES string of the molecule is Cc1cccc(NC(=O)[C@@H](N)C(C)(C)SC2CC(N)CS2)c1C. The molecule has 2 rings (SSSR count). The number of hydrogen-bond donors (Lipinski definition) is 3. The fourth-order valence-electron chi connectivity index (χ4n) is 2.52. The largest absolute Gasteiger partial charge is 0.327 e. The molecule has 5 N–H and O–H groups in total. The normalized spacial score (nSPS) is 22.9. The number of carbonyl (C=O) groups is 1. The third-order valence-corrected chi connectivity index (χ3v) is 7.52. The zero-order valence-corrected chi connectivity index (χ0v) is 15.9. The molecule has 23 heavy (non-hydrogen) atoms. The Morgan fingerprint density at radius 1 is 1.43 bits per heavy atom. The second-order valence-corrected chi connectivity index (χ2v) is 10.1. The van der Waals surface area contributed by atoms with E-state index in [9.17, 15) is 4.79 Å². The van der Waals surface area contributed by atoms with Crippen LogP contribution in [0.15, 0.2) is 18.2 Å². The van der Waals surface area contributed by atoms with Crippen molar-refractivity contribution in [3.05, 3.63) is 29.3 Å². The van der Waals surface area contributed by atoms with Crippen molar-refractivity contribution in [3.63, 3.8) is 0 Å². The molecule has 1 aliphatic rings. The van der Waals surface area contributed by atoms with Gasteiger partial charge in [0.15, 0.2) is 0 Å². The highest BCUT2D eigenvalue weighted by Crippen LogP contribution is 2.42. The molecule has 0 aromatic heterocycles. The van der Waals surface area contributed by atoms with Gasteiger partial charge in [0, 0.05) is 22.2 Å². The van der Waals surface area contributed by atoms with Crippen molar-refractivity contribution in [1.82, 2.24) is 0 Å². The lowest BCUT2D eigenvalue weighted by Crippen LogP contribution is -2.50. The van der Waals surface area contributed by atoms with Gasteiger partial charge in [-0.05, 0) is 51.3 Å². The van der Waals surface area contributed by atoms with Gasteiger partial charge in [-0.15, -0.1) is 23.5 Å². The molecule has 0 spiro atoms. The van der Waals surface area contributed by atoms with Crippen molar-refractivity contribution in [2.24, 2.45) is 11.5 Å². The number of nitrogens with two attached hydrogens (primary N) is 2. The van der Waals surface area contributed by atoms with Gasteiger partial charge in [0.2, 0.25) is 5.91 Å². The van der Waals surface area contributed by atoms with Crippen LogP contribution in [-0.2, 0) is 4.79 Å². The first-order chi connectivity index (χ1) is 10.7. The third-order valence-electron chi connectivity index (χ3n) is 4.32. The van der Waals surface area contributed by atoms with Crippen LogP contribution in [0.2, 0.25) is 0 Å². The Bertz CT molecular complexity index is 577. The zero-order chi connectivity index (χ0) is 17.2. The lowest BCUT2D eigenvalue weighted by atomic mass is 10.0. The number of thioether (sulfide) groups is 2. The Morgan fingerprint density at radius 2 is 2.13 bits per heavy atom. The van der Waals surface area contributed by atoms with Gasteiger partial charge < -0.3 is 16.8 Å². The zero-order valence-electron chi connectivity index (χ0n) is 14.3. The molecule has 1 aromatic carbocycles. The van der Waals surface area contributed by atoms with E-state index in [1.807, 2.05) is 57.7 Å². The Morgan fingerprint density at radius 3 is 2.74 bits per heavy atom. The first-order valence-corrected chi connectivity index (χ1v) is 9.81. The number of anilines is 1. The van der Waals surface area contributed by atoms with E-state index in [1.165, 1.54) is 0 Å². The molecule has 1 saturated heterocycles. The summed E-state index contributed by atoms with van der Waals surface area (Å²) in [5.41, 5.74) is 15.3. The summed E-state index contributed by atoms with van der Waals surface area (Å²) in [6.07, 6.45) is 0.976. The minimum atomic E-state index is -0.579. The Balaban J connectivity index is 2.01. The van der Waals surface area contributed by atoms with E-state index >= 15 is 0 Å². The molecule has 1 heterocycles. The lowest BCUT2D eigenvalue weighted by Gasteiger charge is -2.32. The van der Waals surface area contributed by atoms with Crippen LogP contribution in [0.1, 0.15) is 31.4 Å². The highest BCUT2D eigenvalue weighted by atomic mass is 32.2. The van der Waals surface area contributed by atoms with E-state index in [2.05, 4.69) is 5.32 Å². The second kappa shape index (κ2) is 7.47. The van der Waals surface area contributed by atoms with Crippen LogP contribution in [0, 0.1) is 13.8 Å². The van der Waals surface area contributed by atoms with Gasteiger partial charge in [0.05, 0.1) is 10.6 Å². The smallest absolute Gasteiger partial charge is 0.242 e. The number of hydrogen-bond acceptors (Lipinski definition) is 5. The van der Waals surface area contributed by atoms with Crippen molar-refractivity contribution in [3.8, 4) is 0 Å². The summed E-state index contributed by atoms with van der Waals surface area (Å²) in [6.45, 7) is 8.11. The maximum Gasteiger partial charge on any atom is 0.242 e. The van der Waals surface area contributed by atoms with E-state index in [1.54, 1.807) is 11.8 Å². The molecule has 1 fully saturated rings. The molecule has 2 unspecified atom stereocenters. The Kier molecular flexibility index (Phi) is 6.05.